The first-order valence-electron chi connectivity index (χ1n) is 8.68. The molecule has 2 aliphatic heterocycles. The van der Waals surface area contributed by atoms with Crippen LogP contribution in [0.1, 0.15) is 31.2 Å². The van der Waals surface area contributed by atoms with Crippen molar-refractivity contribution in [2.75, 3.05) is 26.2 Å². The van der Waals surface area contributed by atoms with Gasteiger partial charge in [0.15, 0.2) is 0 Å². The Balaban J connectivity index is 1.45. The summed E-state index contributed by atoms with van der Waals surface area (Å²) in [6, 6.07) is 8.12. The summed E-state index contributed by atoms with van der Waals surface area (Å²) in [4.78, 5) is 14.6. The predicted molar refractivity (Wildman–Crippen MR) is 93.5 cm³/mol. The highest BCUT2D eigenvalue weighted by Crippen LogP contribution is 2.19. The molecule has 2 aliphatic rings. The smallest absolute Gasteiger partial charge is 0.237 e. The summed E-state index contributed by atoms with van der Waals surface area (Å²) in [6.45, 7) is 4.87. The summed E-state index contributed by atoms with van der Waals surface area (Å²) in [5, 5.41) is 7.19. The molecular weight excluding hydrogens is 310 g/mol. The average Bonchev–Trinajstić information content (AvgIpc) is 3.07. The van der Waals surface area contributed by atoms with Crippen LogP contribution in [0.3, 0.4) is 0 Å². The molecule has 1 aromatic rings. The van der Waals surface area contributed by atoms with Gasteiger partial charge in [-0.15, -0.1) is 0 Å². The Morgan fingerprint density at radius 2 is 2.26 bits per heavy atom. The van der Waals surface area contributed by atoms with E-state index in [0.717, 1.165) is 50.6 Å². The van der Waals surface area contributed by atoms with Crippen molar-refractivity contribution in [1.82, 2.24) is 15.5 Å². The van der Waals surface area contributed by atoms with E-state index in [1.54, 1.807) is 0 Å². The summed E-state index contributed by atoms with van der Waals surface area (Å²) >= 11 is 6.07. The van der Waals surface area contributed by atoms with Crippen molar-refractivity contribution < 1.29 is 4.79 Å². The zero-order valence-corrected chi connectivity index (χ0v) is 14.3. The lowest BCUT2D eigenvalue weighted by Crippen LogP contribution is -2.45. The van der Waals surface area contributed by atoms with E-state index in [2.05, 4.69) is 21.6 Å². The fraction of sp³-hybridized carbons (Fsp3) is 0.611. The van der Waals surface area contributed by atoms with E-state index in [4.69, 9.17) is 11.6 Å². The molecule has 2 saturated heterocycles. The van der Waals surface area contributed by atoms with Gasteiger partial charge < -0.3 is 10.6 Å². The molecule has 2 heterocycles. The number of carbonyl (C=O) groups excluding carboxylic acids is 1. The summed E-state index contributed by atoms with van der Waals surface area (Å²) in [6.07, 6.45) is 4.47. The maximum absolute atomic E-state index is 12.1. The number of likely N-dealkylation sites (tertiary alicyclic amines) is 1. The molecule has 5 heteroatoms. The number of hydrogen-bond donors (Lipinski definition) is 2. The van der Waals surface area contributed by atoms with Crippen LogP contribution in [0.2, 0.25) is 5.02 Å². The fourth-order valence-corrected chi connectivity index (χ4v) is 3.84. The maximum Gasteiger partial charge on any atom is 0.237 e. The predicted octanol–water partition coefficient (Wildman–Crippen LogP) is 2.42. The normalized spacial score (nSPS) is 25.4. The molecule has 0 bridgehead atoms. The molecule has 2 unspecified atom stereocenters. The summed E-state index contributed by atoms with van der Waals surface area (Å²) in [7, 11) is 0. The number of carbonyl (C=O) groups is 1. The minimum Gasteiger partial charge on any atom is -0.354 e. The summed E-state index contributed by atoms with van der Waals surface area (Å²) in [5.74, 6) is 0.725. The van der Waals surface area contributed by atoms with Gasteiger partial charge in [0.05, 0.1) is 6.04 Å². The monoisotopic (exact) mass is 335 g/mol. The summed E-state index contributed by atoms with van der Waals surface area (Å²) < 4.78 is 0. The molecule has 23 heavy (non-hydrogen) atoms. The van der Waals surface area contributed by atoms with E-state index in [1.165, 1.54) is 18.4 Å². The Labute approximate surface area is 143 Å². The quantitative estimate of drug-likeness (QED) is 0.868. The van der Waals surface area contributed by atoms with Gasteiger partial charge in [-0.25, -0.2) is 0 Å². The lowest BCUT2D eigenvalue weighted by atomic mass is 9.97. The molecule has 0 aromatic heterocycles. The van der Waals surface area contributed by atoms with Gasteiger partial charge in [0.25, 0.3) is 0 Å². The van der Waals surface area contributed by atoms with Crippen LogP contribution in [0.15, 0.2) is 24.3 Å². The van der Waals surface area contributed by atoms with Crippen molar-refractivity contribution in [3.05, 3.63) is 34.9 Å². The molecule has 2 atom stereocenters. The third-order valence-electron chi connectivity index (χ3n) is 4.84. The maximum atomic E-state index is 12.1. The minimum atomic E-state index is 0.0288. The number of amides is 1. The topological polar surface area (TPSA) is 44.4 Å². The van der Waals surface area contributed by atoms with E-state index >= 15 is 0 Å². The molecular formula is C18H26ClN3O. The van der Waals surface area contributed by atoms with Gasteiger partial charge in [-0.1, -0.05) is 23.7 Å². The largest absolute Gasteiger partial charge is 0.354 e. The van der Waals surface area contributed by atoms with Crippen molar-refractivity contribution in [2.45, 2.75) is 38.3 Å². The zero-order valence-electron chi connectivity index (χ0n) is 13.6. The molecule has 0 spiro atoms. The highest BCUT2D eigenvalue weighted by atomic mass is 35.5. The Kier molecular flexibility index (Phi) is 5.92. The highest BCUT2D eigenvalue weighted by Gasteiger charge is 2.24. The van der Waals surface area contributed by atoms with Crippen molar-refractivity contribution in [1.29, 1.82) is 0 Å². The molecule has 2 N–H and O–H groups in total. The molecule has 3 rings (SSSR count). The third kappa shape index (κ3) is 4.93. The first-order chi connectivity index (χ1) is 11.2. The SMILES string of the molecule is O=C(NCC1CCCN(Cc2cccc(Cl)c2)C1)C1CCCN1. The van der Waals surface area contributed by atoms with Crippen LogP contribution >= 0.6 is 11.6 Å². The van der Waals surface area contributed by atoms with E-state index in [9.17, 15) is 4.79 Å². The second-order valence-electron chi connectivity index (χ2n) is 6.77. The Bertz CT molecular complexity index is 531. The Morgan fingerprint density at radius 3 is 3.04 bits per heavy atom. The second kappa shape index (κ2) is 8.13. The number of rotatable bonds is 5. The first-order valence-corrected chi connectivity index (χ1v) is 9.06. The zero-order chi connectivity index (χ0) is 16.1. The molecule has 4 nitrogen and oxygen atoms in total. The van der Waals surface area contributed by atoms with Gasteiger partial charge in [-0.3, -0.25) is 9.69 Å². The summed E-state index contributed by atoms with van der Waals surface area (Å²) in [5.41, 5.74) is 1.26. The fourth-order valence-electron chi connectivity index (χ4n) is 3.63. The third-order valence-corrected chi connectivity index (χ3v) is 5.08. The Hall–Kier alpha value is -1.10. The highest BCUT2D eigenvalue weighted by molar-refractivity contribution is 6.30. The van der Waals surface area contributed by atoms with Crippen molar-refractivity contribution in [3.8, 4) is 0 Å². The van der Waals surface area contributed by atoms with Crippen LogP contribution < -0.4 is 10.6 Å². The number of nitrogens with zero attached hydrogens (tertiary/aromatic N) is 1. The van der Waals surface area contributed by atoms with Crippen LogP contribution in [0, 0.1) is 5.92 Å². The molecule has 2 fully saturated rings. The molecule has 0 aliphatic carbocycles. The number of benzene rings is 1. The Morgan fingerprint density at radius 1 is 1.35 bits per heavy atom. The standard InChI is InChI=1S/C18H26ClN3O/c19-16-6-1-4-14(10-16)12-22-9-3-5-15(13-22)11-21-18(23)17-7-2-8-20-17/h1,4,6,10,15,17,20H,2-3,5,7-9,11-13H2,(H,21,23). The first kappa shape index (κ1) is 16.7. The van der Waals surface area contributed by atoms with Crippen molar-refractivity contribution >= 4 is 17.5 Å². The lowest BCUT2D eigenvalue weighted by molar-refractivity contribution is -0.123. The van der Waals surface area contributed by atoms with Crippen LogP contribution in [-0.2, 0) is 11.3 Å². The minimum absolute atomic E-state index is 0.0288. The van der Waals surface area contributed by atoms with Gasteiger partial charge >= 0.3 is 0 Å². The van der Waals surface area contributed by atoms with Gasteiger partial charge in [0.2, 0.25) is 5.91 Å². The van der Waals surface area contributed by atoms with Crippen molar-refractivity contribution in [3.63, 3.8) is 0 Å². The van der Waals surface area contributed by atoms with Crippen LogP contribution in [0.4, 0.5) is 0 Å². The van der Waals surface area contributed by atoms with E-state index < -0.39 is 0 Å². The number of piperidine rings is 1. The molecule has 0 saturated carbocycles. The van der Waals surface area contributed by atoms with Gasteiger partial charge in [-0.05, 0) is 62.4 Å². The van der Waals surface area contributed by atoms with Crippen LogP contribution in [0.5, 0.6) is 0 Å². The van der Waals surface area contributed by atoms with Gasteiger partial charge in [-0.2, -0.15) is 0 Å². The number of halogens is 1. The van der Waals surface area contributed by atoms with E-state index in [0.29, 0.717) is 5.92 Å². The van der Waals surface area contributed by atoms with Gasteiger partial charge in [0.1, 0.15) is 0 Å². The second-order valence-corrected chi connectivity index (χ2v) is 7.20. The van der Waals surface area contributed by atoms with Crippen LogP contribution in [-0.4, -0.2) is 43.0 Å². The molecule has 0 radical (unpaired) electrons. The van der Waals surface area contributed by atoms with Crippen LogP contribution in [0.25, 0.3) is 0 Å². The lowest BCUT2D eigenvalue weighted by Gasteiger charge is -2.33. The average molecular weight is 336 g/mol. The van der Waals surface area contributed by atoms with E-state index in [-0.39, 0.29) is 11.9 Å². The molecule has 1 aromatic carbocycles. The molecule has 1 amide bonds. The molecule has 126 valence electrons. The van der Waals surface area contributed by atoms with Gasteiger partial charge in [0, 0.05) is 24.7 Å². The number of hydrogen-bond acceptors (Lipinski definition) is 3. The van der Waals surface area contributed by atoms with Crippen molar-refractivity contribution in [2.24, 2.45) is 5.92 Å². The van der Waals surface area contributed by atoms with E-state index in [1.807, 2.05) is 18.2 Å². The number of nitrogens with one attached hydrogen (secondary N) is 2.